The second-order valence-electron chi connectivity index (χ2n) is 6.34. The number of alkyl halides is 1. The molecule has 0 spiro atoms. The number of H-pyrrole nitrogens is 1. The van der Waals surface area contributed by atoms with Gasteiger partial charge in [0.2, 0.25) is 0 Å². The van der Waals surface area contributed by atoms with Crippen molar-refractivity contribution in [3.05, 3.63) is 77.2 Å². The zero-order valence-corrected chi connectivity index (χ0v) is 14.9. The number of halogens is 2. The number of nitrogens with zero attached hydrogens (tertiary/aromatic N) is 2. The summed E-state index contributed by atoms with van der Waals surface area (Å²) in [5.74, 6) is 0. The van der Waals surface area contributed by atoms with Gasteiger partial charge in [-0.1, -0.05) is 54.1 Å². The summed E-state index contributed by atoms with van der Waals surface area (Å²) in [5.41, 5.74) is 4.20. The molecule has 0 fully saturated rings. The Balaban J connectivity index is 1.63. The maximum Gasteiger partial charge on any atom is 0.156 e. The molecular weight excluding hydrogens is 351 g/mol. The highest BCUT2D eigenvalue weighted by Crippen LogP contribution is 2.29. The average Bonchev–Trinajstić information content (AvgIpc) is 3.07. The number of aromatic nitrogens is 3. The van der Waals surface area contributed by atoms with E-state index < -0.39 is 12.2 Å². The van der Waals surface area contributed by atoms with Gasteiger partial charge in [0.15, 0.2) is 5.65 Å². The fraction of sp³-hybridized carbons (Fsp3) is 0.200. The standard InChI is InChI=1S/C20H18ClFN4/c1-12(13-5-3-2-4-6-13)25-17-9-14(7-8-16(17)22)15-10-23-20-19(15)26-18(21)11-24-20/h2-12,16-17,25H,1H3,(H,23,24)/t12-,16?,17?/m0/s1. The van der Waals surface area contributed by atoms with Crippen LogP contribution in [-0.2, 0) is 0 Å². The molecule has 1 aliphatic rings. The highest BCUT2D eigenvalue weighted by atomic mass is 35.5. The van der Waals surface area contributed by atoms with Crippen molar-refractivity contribution < 1.29 is 4.39 Å². The molecular formula is C20H18ClFN4. The minimum atomic E-state index is -1.09. The van der Waals surface area contributed by atoms with Crippen molar-refractivity contribution in [1.82, 2.24) is 20.3 Å². The SMILES string of the molecule is C[C@H](NC1C=C(c2c[nH]c3ncc(Cl)nc23)C=CC1F)c1ccccc1. The Bertz CT molecular complexity index is 980. The van der Waals surface area contributed by atoms with Crippen molar-refractivity contribution in [3.63, 3.8) is 0 Å². The van der Waals surface area contributed by atoms with Gasteiger partial charge in [-0.25, -0.2) is 14.4 Å². The predicted molar refractivity (Wildman–Crippen MR) is 103 cm³/mol. The Morgan fingerprint density at radius 3 is 2.88 bits per heavy atom. The summed E-state index contributed by atoms with van der Waals surface area (Å²) in [6, 6.07) is 9.60. The molecule has 132 valence electrons. The van der Waals surface area contributed by atoms with E-state index in [0.29, 0.717) is 16.3 Å². The summed E-state index contributed by atoms with van der Waals surface area (Å²) < 4.78 is 14.5. The molecule has 0 amide bonds. The molecule has 1 aromatic carbocycles. The van der Waals surface area contributed by atoms with E-state index in [1.807, 2.05) is 49.5 Å². The van der Waals surface area contributed by atoms with E-state index in [2.05, 4.69) is 20.3 Å². The Kier molecular flexibility index (Phi) is 4.57. The van der Waals surface area contributed by atoms with E-state index in [4.69, 9.17) is 11.6 Å². The number of aromatic amines is 1. The Morgan fingerprint density at radius 1 is 1.27 bits per heavy atom. The largest absolute Gasteiger partial charge is 0.344 e. The summed E-state index contributed by atoms with van der Waals surface area (Å²) in [6.45, 7) is 2.03. The van der Waals surface area contributed by atoms with E-state index in [-0.39, 0.29) is 6.04 Å². The van der Waals surface area contributed by atoms with Crippen LogP contribution in [0.5, 0.6) is 0 Å². The number of rotatable bonds is 4. The van der Waals surface area contributed by atoms with Gasteiger partial charge in [-0.3, -0.25) is 0 Å². The Hall–Kier alpha value is -2.50. The summed E-state index contributed by atoms with van der Waals surface area (Å²) in [5, 5.41) is 3.69. The molecule has 3 aromatic rings. The van der Waals surface area contributed by atoms with Crippen molar-refractivity contribution in [3.8, 4) is 0 Å². The molecule has 3 atom stereocenters. The average molecular weight is 369 g/mol. The monoisotopic (exact) mass is 368 g/mol. The predicted octanol–water partition coefficient (Wildman–Crippen LogP) is 4.62. The first-order valence-corrected chi connectivity index (χ1v) is 8.84. The third-order valence-electron chi connectivity index (χ3n) is 4.57. The van der Waals surface area contributed by atoms with Gasteiger partial charge in [0.25, 0.3) is 0 Å². The first kappa shape index (κ1) is 16.9. The minimum absolute atomic E-state index is 0.0284. The molecule has 1 aliphatic carbocycles. The van der Waals surface area contributed by atoms with Gasteiger partial charge in [-0.2, -0.15) is 0 Å². The van der Waals surface area contributed by atoms with Crippen LogP contribution in [0.1, 0.15) is 24.1 Å². The molecule has 0 saturated heterocycles. The van der Waals surface area contributed by atoms with Gasteiger partial charge < -0.3 is 10.3 Å². The topological polar surface area (TPSA) is 53.6 Å². The molecule has 4 rings (SSSR count). The summed E-state index contributed by atoms with van der Waals surface area (Å²) in [4.78, 5) is 11.7. The Morgan fingerprint density at radius 2 is 2.08 bits per heavy atom. The van der Waals surface area contributed by atoms with Crippen molar-refractivity contribution >= 4 is 28.3 Å². The van der Waals surface area contributed by atoms with Crippen LogP contribution >= 0.6 is 11.6 Å². The Labute approximate surface area is 155 Å². The number of fused-ring (bicyclic) bond motifs is 1. The molecule has 0 aliphatic heterocycles. The van der Waals surface area contributed by atoms with Crippen LogP contribution in [0.2, 0.25) is 5.15 Å². The fourth-order valence-electron chi connectivity index (χ4n) is 3.19. The van der Waals surface area contributed by atoms with Crippen LogP contribution in [0.4, 0.5) is 4.39 Å². The molecule has 6 heteroatoms. The summed E-state index contributed by atoms with van der Waals surface area (Å²) in [7, 11) is 0. The molecule has 2 aromatic heterocycles. The third-order valence-corrected chi connectivity index (χ3v) is 4.75. The van der Waals surface area contributed by atoms with Gasteiger partial charge in [-0.05, 0) is 24.1 Å². The zero-order valence-electron chi connectivity index (χ0n) is 14.2. The number of hydrogen-bond donors (Lipinski definition) is 2. The van der Waals surface area contributed by atoms with Gasteiger partial charge in [-0.15, -0.1) is 0 Å². The van der Waals surface area contributed by atoms with Gasteiger partial charge >= 0.3 is 0 Å². The van der Waals surface area contributed by atoms with Crippen molar-refractivity contribution in [2.45, 2.75) is 25.2 Å². The quantitative estimate of drug-likeness (QED) is 0.706. The van der Waals surface area contributed by atoms with Crippen LogP contribution in [0.25, 0.3) is 16.7 Å². The molecule has 0 saturated carbocycles. The van der Waals surface area contributed by atoms with Crippen LogP contribution < -0.4 is 5.32 Å². The van der Waals surface area contributed by atoms with Crippen LogP contribution in [-0.4, -0.2) is 27.2 Å². The molecule has 4 nitrogen and oxygen atoms in total. The van der Waals surface area contributed by atoms with E-state index in [0.717, 1.165) is 16.7 Å². The van der Waals surface area contributed by atoms with Crippen molar-refractivity contribution in [2.24, 2.45) is 0 Å². The van der Waals surface area contributed by atoms with Crippen molar-refractivity contribution in [2.75, 3.05) is 0 Å². The second kappa shape index (κ2) is 7.02. The lowest BCUT2D eigenvalue weighted by atomic mass is 9.95. The van der Waals surface area contributed by atoms with E-state index >= 15 is 0 Å². The lowest BCUT2D eigenvalue weighted by molar-refractivity contribution is 0.316. The van der Waals surface area contributed by atoms with Crippen LogP contribution in [0, 0.1) is 0 Å². The first-order chi connectivity index (χ1) is 12.6. The molecule has 0 radical (unpaired) electrons. The van der Waals surface area contributed by atoms with E-state index in [1.165, 1.54) is 6.20 Å². The maximum absolute atomic E-state index is 14.5. The lowest BCUT2D eigenvalue weighted by Crippen LogP contribution is -2.38. The minimum Gasteiger partial charge on any atom is -0.344 e. The molecule has 2 N–H and O–H groups in total. The fourth-order valence-corrected chi connectivity index (χ4v) is 3.33. The molecule has 2 heterocycles. The molecule has 2 unspecified atom stereocenters. The number of nitrogens with one attached hydrogen (secondary N) is 2. The van der Waals surface area contributed by atoms with E-state index in [9.17, 15) is 4.39 Å². The maximum atomic E-state index is 14.5. The first-order valence-electron chi connectivity index (χ1n) is 8.47. The highest BCUT2D eigenvalue weighted by Gasteiger charge is 2.24. The number of benzene rings is 1. The van der Waals surface area contributed by atoms with Crippen molar-refractivity contribution in [1.29, 1.82) is 0 Å². The third kappa shape index (κ3) is 3.28. The van der Waals surface area contributed by atoms with E-state index in [1.54, 1.807) is 12.2 Å². The van der Waals surface area contributed by atoms with Crippen LogP contribution in [0.3, 0.4) is 0 Å². The van der Waals surface area contributed by atoms with Gasteiger partial charge in [0, 0.05) is 17.8 Å². The molecule has 26 heavy (non-hydrogen) atoms. The van der Waals surface area contributed by atoms with Gasteiger partial charge in [0.1, 0.15) is 16.8 Å². The highest BCUT2D eigenvalue weighted by molar-refractivity contribution is 6.29. The van der Waals surface area contributed by atoms with Gasteiger partial charge in [0.05, 0.1) is 12.2 Å². The lowest BCUT2D eigenvalue weighted by Gasteiger charge is -2.25. The van der Waals surface area contributed by atoms with Crippen LogP contribution in [0.15, 0.2) is 61.0 Å². The zero-order chi connectivity index (χ0) is 18.1. The summed E-state index contributed by atoms with van der Waals surface area (Å²) in [6.07, 6.45) is 7.48. The number of hydrogen-bond acceptors (Lipinski definition) is 3. The summed E-state index contributed by atoms with van der Waals surface area (Å²) >= 11 is 5.98. The number of allylic oxidation sites excluding steroid dienone is 2. The smallest absolute Gasteiger partial charge is 0.156 e. The second-order valence-corrected chi connectivity index (χ2v) is 6.73. The molecule has 0 bridgehead atoms. The normalized spacial score (nSPS) is 21.0.